The normalized spacial score (nSPS) is 14.1. The van der Waals surface area contributed by atoms with E-state index >= 15 is 0 Å². The Balaban J connectivity index is 1.74. The molecule has 7 nitrogen and oxygen atoms in total. The van der Waals surface area contributed by atoms with E-state index in [2.05, 4.69) is 25.7 Å². The van der Waals surface area contributed by atoms with Gasteiger partial charge in [-0.1, -0.05) is 6.08 Å². The quantitative estimate of drug-likeness (QED) is 0.761. The van der Waals surface area contributed by atoms with Crippen molar-refractivity contribution in [2.24, 2.45) is 0 Å². The number of carbonyl (C=O) groups excluding carboxylic acids is 1. The molecule has 3 aromatic rings. The number of aromatic nitrogens is 3. The molecule has 132 valence electrons. The molecule has 26 heavy (non-hydrogen) atoms. The molecule has 0 bridgehead atoms. The highest BCUT2D eigenvalue weighted by molar-refractivity contribution is 7.03. The van der Waals surface area contributed by atoms with E-state index in [1.807, 2.05) is 12.1 Å². The average molecular weight is 368 g/mol. The molecule has 1 aromatic carbocycles. The van der Waals surface area contributed by atoms with E-state index in [9.17, 15) is 4.79 Å². The smallest absolute Gasteiger partial charge is 0.259 e. The highest BCUT2D eigenvalue weighted by atomic mass is 32.1. The average Bonchev–Trinajstić information content (AvgIpc) is 3.23. The van der Waals surface area contributed by atoms with Gasteiger partial charge in [-0.25, -0.2) is 14.3 Å². The Morgan fingerprint density at radius 3 is 2.96 bits per heavy atom. The van der Waals surface area contributed by atoms with E-state index in [1.54, 1.807) is 18.7 Å². The van der Waals surface area contributed by atoms with Crippen molar-refractivity contribution in [1.82, 2.24) is 14.3 Å². The predicted octanol–water partition coefficient (Wildman–Crippen LogP) is 3.15. The summed E-state index contributed by atoms with van der Waals surface area (Å²) in [6.45, 7) is 1.29. The van der Waals surface area contributed by atoms with Crippen LogP contribution in [0.2, 0.25) is 0 Å². The molecule has 1 aliphatic rings. The number of rotatable bonds is 4. The molecule has 0 aliphatic carbocycles. The molecule has 1 aliphatic heterocycles. The molecular formula is C18H16N4O3S. The van der Waals surface area contributed by atoms with Crippen LogP contribution in [0, 0.1) is 0 Å². The summed E-state index contributed by atoms with van der Waals surface area (Å²) in [6.07, 6.45) is 5.96. The number of fused-ring (bicyclic) bond motifs is 1. The number of methoxy groups -OCH3 is 1. The summed E-state index contributed by atoms with van der Waals surface area (Å²) in [7, 11) is 1.59. The molecule has 1 N–H and O–H groups in total. The van der Waals surface area contributed by atoms with Gasteiger partial charge in [-0.15, -0.1) is 0 Å². The Morgan fingerprint density at radius 1 is 1.31 bits per heavy atom. The summed E-state index contributed by atoms with van der Waals surface area (Å²) in [6, 6.07) is 3.86. The minimum Gasteiger partial charge on any atom is -0.494 e. The van der Waals surface area contributed by atoms with Crippen molar-refractivity contribution in [3.63, 3.8) is 0 Å². The molecule has 8 heteroatoms. The first-order chi connectivity index (χ1) is 12.8. The number of ether oxygens (including phenoxy) is 2. The van der Waals surface area contributed by atoms with Crippen LogP contribution in [0.1, 0.15) is 22.3 Å². The van der Waals surface area contributed by atoms with Crippen LogP contribution in [0.15, 0.2) is 36.0 Å². The number of hydrogen-bond donors (Lipinski definition) is 1. The van der Waals surface area contributed by atoms with E-state index in [1.165, 1.54) is 23.3 Å². The zero-order valence-corrected chi connectivity index (χ0v) is 14.9. The minimum atomic E-state index is -0.269. The van der Waals surface area contributed by atoms with Crippen molar-refractivity contribution >= 4 is 39.9 Å². The van der Waals surface area contributed by atoms with Crippen LogP contribution in [0.3, 0.4) is 0 Å². The molecule has 0 saturated carbocycles. The highest BCUT2D eigenvalue weighted by Gasteiger charge is 2.16. The van der Waals surface area contributed by atoms with Gasteiger partial charge in [0.05, 0.1) is 38.3 Å². The van der Waals surface area contributed by atoms with E-state index in [-0.39, 0.29) is 5.91 Å². The number of benzene rings is 1. The van der Waals surface area contributed by atoms with Gasteiger partial charge in [0, 0.05) is 10.9 Å². The predicted molar refractivity (Wildman–Crippen MR) is 99.6 cm³/mol. The molecule has 0 unspecified atom stereocenters. The van der Waals surface area contributed by atoms with Crippen molar-refractivity contribution in [1.29, 1.82) is 0 Å². The molecule has 0 atom stereocenters. The Morgan fingerprint density at radius 2 is 2.23 bits per heavy atom. The zero-order chi connectivity index (χ0) is 17.9. The fourth-order valence-corrected chi connectivity index (χ4v) is 3.35. The van der Waals surface area contributed by atoms with Gasteiger partial charge >= 0.3 is 0 Å². The number of nitrogens with one attached hydrogen (secondary N) is 1. The van der Waals surface area contributed by atoms with Crippen molar-refractivity contribution in [2.45, 2.75) is 6.42 Å². The first kappa shape index (κ1) is 16.6. The third kappa shape index (κ3) is 3.16. The van der Waals surface area contributed by atoms with Gasteiger partial charge in [0.1, 0.15) is 16.8 Å². The van der Waals surface area contributed by atoms with Crippen LogP contribution in [-0.4, -0.2) is 40.6 Å². The summed E-state index contributed by atoms with van der Waals surface area (Å²) < 4.78 is 14.8. The van der Waals surface area contributed by atoms with Crippen LogP contribution in [0.25, 0.3) is 16.6 Å². The summed E-state index contributed by atoms with van der Waals surface area (Å²) in [5.74, 6) is 0.706. The fourth-order valence-electron chi connectivity index (χ4n) is 2.84. The van der Waals surface area contributed by atoms with Crippen LogP contribution in [-0.2, 0) is 4.74 Å². The third-order valence-corrected chi connectivity index (χ3v) is 4.71. The van der Waals surface area contributed by atoms with Crippen LogP contribution in [0.5, 0.6) is 5.75 Å². The van der Waals surface area contributed by atoms with Crippen LogP contribution < -0.4 is 10.1 Å². The molecule has 1 amide bonds. The maximum absolute atomic E-state index is 12.2. The van der Waals surface area contributed by atoms with Crippen LogP contribution >= 0.6 is 11.5 Å². The second-order valence-electron chi connectivity index (χ2n) is 5.69. The number of amides is 1. The Kier molecular flexibility index (Phi) is 4.59. The van der Waals surface area contributed by atoms with Gasteiger partial charge in [-0.3, -0.25) is 4.79 Å². The summed E-state index contributed by atoms with van der Waals surface area (Å²) in [5, 5.41) is 4.43. The number of anilines is 1. The topological polar surface area (TPSA) is 86.2 Å². The van der Waals surface area contributed by atoms with E-state index < -0.39 is 0 Å². The van der Waals surface area contributed by atoms with Gasteiger partial charge in [0.25, 0.3) is 5.91 Å². The Hall–Kier alpha value is -2.84. The lowest BCUT2D eigenvalue weighted by Crippen LogP contribution is -2.12. The first-order valence-electron chi connectivity index (χ1n) is 8.08. The van der Waals surface area contributed by atoms with E-state index in [0.717, 1.165) is 17.5 Å². The van der Waals surface area contributed by atoms with Gasteiger partial charge in [0.15, 0.2) is 5.82 Å². The first-order valence-corrected chi connectivity index (χ1v) is 8.91. The largest absolute Gasteiger partial charge is 0.494 e. The monoisotopic (exact) mass is 368 g/mol. The lowest BCUT2D eigenvalue weighted by Gasteiger charge is -2.16. The lowest BCUT2D eigenvalue weighted by atomic mass is 9.99. The van der Waals surface area contributed by atoms with E-state index in [0.29, 0.717) is 35.9 Å². The number of hydrogen-bond acceptors (Lipinski definition) is 7. The molecule has 0 fully saturated rings. The number of carbonyl (C=O) groups is 1. The summed E-state index contributed by atoms with van der Waals surface area (Å²) in [4.78, 5) is 21.3. The van der Waals surface area contributed by atoms with Crippen molar-refractivity contribution in [2.75, 3.05) is 25.6 Å². The lowest BCUT2D eigenvalue weighted by molar-refractivity contribution is 0.102. The molecule has 0 spiro atoms. The molecule has 4 rings (SSSR count). The molecule has 3 heterocycles. The van der Waals surface area contributed by atoms with Gasteiger partial charge in [-0.05, 0) is 35.7 Å². The molecule has 0 radical (unpaired) electrons. The van der Waals surface area contributed by atoms with E-state index in [4.69, 9.17) is 9.47 Å². The standard InChI is InChI=1S/C18H16N4O3S/c1-24-14-3-2-13(11-4-6-25-7-5-11)16-17(14)21-15(9-19-16)22-18(23)12-8-20-26-10-12/h2-4,8-10H,5-7H2,1H3,(H,21,22,23). The molecule has 0 saturated heterocycles. The summed E-state index contributed by atoms with van der Waals surface area (Å²) in [5.41, 5.74) is 4.03. The highest BCUT2D eigenvalue weighted by Crippen LogP contribution is 2.32. The van der Waals surface area contributed by atoms with Crippen LogP contribution in [0.4, 0.5) is 5.82 Å². The van der Waals surface area contributed by atoms with Crippen molar-refractivity contribution < 1.29 is 14.3 Å². The fraction of sp³-hybridized carbons (Fsp3) is 0.222. The Bertz CT molecular complexity index is 986. The number of nitrogens with zero attached hydrogens (tertiary/aromatic N) is 3. The molecular weight excluding hydrogens is 352 g/mol. The second-order valence-corrected chi connectivity index (χ2v) is 6.35. The van der Waals surface area contributed by atoms with Crippen molar-refractivity contribution in [3.05, 3.63) is 47.1 Å². The SMILES string of the molecule is COc1ccc(C2=CCOCC2)c2ncc(NC(=O)c3cnsc3)nc12. The maximum atomic E-state index is 12.2. The maximum Gasteiger partial charge on any atom is 0.259 e. The van der Waals surface area contributed by atoms with Gasteiger partial charge in [-0.2, -0.15) is 0 Å². The zero-order valence-electron chi connectivity index (χ0n) is 14.1. The van der Waals surface area contributed by atoms with Crippen molar-refractivity contribution in [3.8, 4) is 5.75 Å². The Labute approximate surface area is 153 Å². The molecule has 2 aromatic heterocycles. The third-order valence-electron chi connectivity index (χ3n) is 4.13. The minimum absolute atomic E-state index is 0.269. The van der Waals surface area contributed by atoms with Gasteiger partial charge in [0.2, 0.25) is 0 Å². The summed E-state index contributed by atoms with van der Waals surface area (Å²) >= 11 is 1.22. The van der Waals surface area contributed by atoms with Gasteiger partial charge < -0.3 is 14.8 Å². The second kappa shape index (κ2) is 7.19.